The Hall–Kier alpha value is -3.03. The highest BCUT2D eigenvalue weighted by Gasteiger charge is 2.16. The number of carbonyl (C=O) groups is 1. The monoisotopic (exact) mass is 446 g/mol. The number of nitrogens with one attached hydrogen (secondary N) is 1. The molecule has 1 N–H and O–H groups in total. The number of hydrogen-bond acceptors (Lipinski definition) is 5. The molecule has 0 spiro atoms. The summed E-state index contributed by atoms with van der Waals surface area (Å²) in [4.78, 5) is 16.5. The summed E-state index contributed by atoms with van der Waals surface area (Å²) in [6.45, 7) is 5.48. The Bertz CT molecular complexity index is 1060. The number of aryl methyl sites for hydroxylation is 1. The number of carbonyl (C=O) groups excluding carboxylic acids is 1. The lowest BCUT2D eigenvalue weighted by atomic mass is 10.1. The second-order valence-corrected chi connectivity index (χ2v) is 7.28. The quantitative estimate of drug-likeness (QED) is 0.175. The zero-order chi connectivity index (χ0) is 21.7. The molecule has 0 saturated heterocycles. The number of halogens is 2. The Balaban J connectivity index is 1.64. The number of anilines is 2. The van der Waals surface area contributed by atoms with Crippen molar-refractivity contribution >= 4 is 53.1 Å². The number of aromatic nitrogens is 2. The van der Waals surface area contributed by atoms with Crippen LogP contribution in [0.15, 0.2) is 48.7 Å². The fraction of sp³-hybridized carbons (Fsp3) is 0.190. The normalized spacial score (nSPS) is 10.6. The van der Waals surface area contributed by atoms with Crippen molar-refractivity contribution in [3.63, 3.8) is 0 Å². The fourth-order valence-corrected chi connectivity index (χ4v) is 3.43. The lowest BCUT2D eigenvalue weighted by Gasteiger charge is -2.14. The van der Waals surface area contributed by atoms with Crippen LogP contribution in [0.3, 0.4) is 0 Å². The topological polar surface area (TPSA) is 82.2 Å². The lowest BCUT2D eigenvalue weighted by molar-refractivity contribution is -0.357. The van der Waals surface area contributed by atoms with Gasteiger partial charge in [-0.15, -0.1) is 0 Å². The smallest absolute Gasteiger partial charge is 0.310 e. The van der Waals surface area contributed by atoms with Crippen molar-refractivity contribution in [1.82, 2.24) is 9.55 Å². The summed E-state index contributed by atoms with van der Waals surface area (Å²) in [5.74, 6) is 0.536. The van der Waals surface area contributed by atoms with Gasteiger partial charge in [-0.2, -0.15) is 0 Å². The fourth-order valence-electron chi connectivity index (χ4n) is 2.94. The molecule has 1 heterocycles. The summed E-state index contributed by atoms with van der Waals surface area (Å²) < 4.78 is 7.47. The first kappa shape index (κ1) is 21.7. The highest BCUT2D eigenvalue weighted by atomic mass is 35.5. The summed E-state index contributed by atoms with van der Waals surface area (Å²) in [5, 5.41) is 15.6. The van der Waals surface area contributed by atoms with Gasteiger partial charge in [0.1, 0.15) is 19.3 Å². The molecule has 1 aromatic heterocycles. The van der Waals surface area contributed by atoms with Crippen molar-refractivity contribution in [2.75, 3.05) is 11.9 Å². The highest BCUT2D eigenvalue weighted by molar-refractivity contribution is 6.39. The van der Waals surface area contributed by atoms with E-state index in [-0.39, 0.29) is 13.0 Å². The molecule has 0 aliphatic rings. The highest BCUT2D eigenvalue weighted by Crippen LogP contribution is 2.33. The Morgan fingerprint density at radius 1 is 1.23 bits per heavy atom. The van der Waals surface area contributed by atoms with Crippen molar-refractivity contribution in [2.45, 2.75) is 19.9 Å². The molecule has 2 aromatic carbocycles. The van der Waals surface area contributed by atoms with Crippen molar-refractivity contribution in [1.29, 1.82) is 0 Å². The number of esters is 1. The van der Waals surface area contributed by atoms with Gasteiger partial charge in [0.05, 0.1) is 28.9 Å². The molecule has 9 heteroatoms. The van der Waals surface area contributed by atoms with Crippen molar-refractivity contribution < 1.29 is 14.3 Å². The molecule has 3 aromatic rings. The number of para-hydroxylation sites is 2. The van der Waals surface area contributed by atoms with E-state index in [2.05, 4.69) is 17.0 Å². The van der Waals surface area contributed by atoms with Crippen LogP contribution in [0.1, 0.15) is 11.4 Å². The maximum atomic E-state index is 12.4. The Morgan fingerprint density at radius 3 is 2.63 bits per heavy atom. The van der Waals surface area contributed by atoms with Crippen LogP contribution in [0.4, 0.5) is 17.2 Å². The second kappa shape index (κ2) is 9.65. The Labute approximate surface area is 184 Å². The molecule has 7 nitrogen and oxygen atoms in total. The predicted octanol–water partition coefficient (Wildman–Crippen LogP) is 4.87. The van der Waals surface area contributed by atoms with Gasteiger partial charge in [-0.05, 0) is 23.8 Å². The second-order valence-electron chi connectivity index (χ2n) is 6.47. The van der Waals surface area contributed by atoms with Gasteiger partial charge in [-0.1, -0.05) is 47.5 Å². The third kappa shape index (κ3) is 5.11. The van der Waals surface area contributed by atoms with Gasteiger partial charge in [-0.3, -0.25) is 4.79 Å². The molecule has 0 aliphatic heterocycles. The van der Waals surface area contributed by atoms with E-state index in [1.165, 1.54) is 6.20 Å². The first-order chi connectivity index (χ1) is 14.4. The first-order valence-corrected chi connectivity index (χ1v) is 9.87. The van der Waals surface area contributed by atoms with Crippen LogP contribution in [-0.4, -0.2) is 33.6 Å². The van der Waals surface area contributed by atoms with Crippen molar-refractivity contribution in [2.24, 2.45) is 0 Å². The van der Waals surface area contributed by atoms with Crippen LogP contribution in [-0.2, 0) is 22.5 Å². The molecule has 0 fully saturated rings. The number of ether oxygens (including phenoxy) is 1. The van der Waals surface area contributed by atoms with E-state index in [9.17, 15) is 10.0 Å². The summed E-state index contributed by atoms with van der Waals surface area (Å²) in [6, 6.07) is 12.6. The Kier molecular flexibility index (Phi) is 6.97. The molecular weight excluding hydrogens is 427 g/mol. The molecule has 0 aliphatic carbocycles. The first-order valence-electron chi connectivity index (χ1n) is 9.11. The van der Waals surface area contributed by atoms with E-state index in [0.29, 0.717) is 44.3 Å². The molecule has 0 atom stereocenters. The number of benzene rings is 2. The average Bonchev–Trinajstić information content (AvgIpc) is 3.07. The van der Waals surface area contributed by atoms with Gasteiger partial charge in [0.25, 0.3) is 0 Å². The molecule has 0 unspecified atom stereocenters. The average molecular weight is 447 g/mol. The van der Waals surface area contributed by atoms with Crippen LogP contribution >= 0.6 is 23.2 Å². The number of nitrogens with zero attached hydrogens (tertiary/aromatic N) is 3. The van der Waals surface area contributed by atoms with Crippen LogP contribution in [0, 0.1) is 12.1 Å². The van der Waals surface area contributed by atoms with Crippen LogP contribution < -0.4 is 5.32 Å². The maximum absolute atomic E-state index is 12.4. The third-order valence-electron chi connectivity index (χ3n) is 4.44. The molecule has 156 valence electrons. The van der Waals surface area contributed by atoms with E-state index in [1.807, 2.05) is 24.3 Å². The molecule has 0 saturated carbocycles. The third-order valence-corrected chi connectivity index (χ3v) is 5.07. The van der Waals surface area contributed by atoms with Gasteiger partial charge in [-0.25, -0.2) is 14.3 Å². The number of imidazole rings is 1. The standard InChI is InChI=1S/C21H20Cl2N4O3/c1-14-24-13-19(26(2)29)27(14)10-11-30-20(28)12-15-6-3-4-9-18(15)25-21-16(22)7-5-8-17(21)23/h3-9,13,25H,2,10-12H2,1H3. The van der Waals surface area contributed by atoms with Crippen LogP contribution in [0.25, 0.3) is 0 Å². The van der Waals surface area contributed by atoms with Gasteiger partial charge in [0.2, 0.25) is 0 Å². The van der Waals surface area contributed by atoms with E-state index >= 15 is 0 Å². The molecule has 0 amide bonds. The van der Waals surface area contributed by atoms with Crippen LogP contribution in [0.2, 0.25) is 10.0 Å². The SMILES string of the molecule is C=[N+]([O-])c1cnc(C)n1CCOC(=O)Cc1ccccc1Nc1c(Cl)cccc1Cl. The van der Waals surface area contributed by atoms with Gasteiger partial charge >= 0.3 is 11.8 Å². The maximum Gasteiger partial charge on any atom is 0.310 e. The molecule has 0 bridgehead atoms. The molecule has 0 radical (unpaired) electrons. The zero-order valence-electron chi connectivity index (χ0n) is 16.3. The van der Waals surface area contributed by atoms with E-state index in [0.717, 1.165) is 5.56 Å². The van der Waals surface area contributed by atoms with E-state index in [4.69, 9.17) is 27.9 Å². The molecule has 3 rings (SSSR count). The van der Waals surface area contributed by atoms with Crippen molar-refractivity contribution in [3.05, 3.63) is 75.3 Å². The summed E-state index contributed by atoms with van der Waals surface area (Å²) in [6.07, 6.45) is 1.49. The van der Waals surface area contributed by atoms with Crippen molar-refractivity contribution in [3.8, 4) is 0 Å². The van der Waals surface area contributed by atoms with Gasteiger partial charge < -0.3 is 15.3 Å². The summed E-state index contributed by atoms with van der Waals surface area (Å²) in [5.41, 5.74) is 2.01. The Morgan fingerprint density at radius 2 is 1.93 bits per heavy atom. The largest absolute Gasteiger partial charge is 0.711 e. The minimum absolute atomic E-state index is 0.0596. The zero-order valence-corrected chi connectivity index (χ0v) is 17.8. The number of rotatable bonds is 8. The van der Waals surface area contributed by atoms with Gasteiger partial charge in [0, 0.05) is 12.6 Å². The minimum Gasteiger partial charge on any atom is -0.711 e. The predicted molar refractivity (Wildman–Crippen MR) is 118 cm³/mol. The minimum atomic E-state index is -0.401. The molecular formula is C21H20Cl2N4O3. The van der Waals surface area contributed by atoms with E-state index in [1.54, 1.807) is 29.7 Å². The lowest BCUT2D eigenvalue weighted by Crippen LogP contribution is -2.15. The van der Waals surface area contributed by atoms with Crippen LogP contribution in [0.5, 0.6) is 0 Å². The molecule has 30 heavy (non-hydrogen) atoms. The van der Waals surface area contributed by atoms with Gasteiger partial charge in [0.15, 0.2) is 5.82 Å². The summed E-state index contributed by atoms with van der Waals surface area (Å²) in [7, 11) is 0. The summed E-state index contributed by atoms with van der Waals surface area (Å²) >= 11 is 12.5. The number of hydrogen-bond donors (Lipinski definition) is 1. The van der Waals surface area contributed by atoms with E-state index < -0.39 is 5.97 Å².